The van der Waals surface area contributed by atoms with E-state index in [0.29, 0.717) is 25.6 Å². The van der Waals surface area contributed by atoms with E-state index in [-0.39, 0.29) is 18.2 Å². The maximum absolute atomic E-state index is 12.3. The van der Waals surface area contributed by atoms with E-state index in [2.05, 4.69) is 30.3 Å². The Bertz CT molecular complexity index is 504. The Kier molecular flexibility index (Phi) is 5.45. The number of rotatable bonds is 4. The number of urea groups is 1. The third-order valence-electron chi connectivity index (χ3n) is 3.90. The third kappa shape index (κ3) is 4.47. The lowest BCUT2D eigenvalue weighted by Gasteiger charge is -2.35. The molecule has 6 nitrogen and oxygen atoms in total. The summed E-state index contributed by atoms with van der Waals surface area (Å²) in [5.74, 6) is 0.331. The molecule has 6 heteroatoms. The van der Waals surface area contributed by atoms with Gasteiger partial charge in [-0.15, -0.1) is 0 Å². The molecular formula is C16H28N4O2. The second-order valence-electron chi connectivity index (χ2n) is 6.56. The van der Waals surface area contributed by atoms with Crippen molar-refractivity contribution in [1.29, 1.82) is 0 Å². The largest absolute Gasteiger partial charge is 0.372 e. The monoisotopic (exact) mass is 308 g/mol. The molecule has 3 unspecified atom stereocenters. The summed E-state index contributed by atoms with van der Waals surface area (Å²) in [6.07, 6.45) is 0.197. The molecule has 0 aliphatic carbocycles. The number of aryl methyl sites for hydroxylation is 2. The van der Waals surface area contributed by atoms with E-state index in [4.69, 9.17) is 4.74 Å². The van der Waals surface area contributed by atoms with E-state index in [0.717, 1.165) is 17.9 Å². The van der Waals surface area contributed by atoms with Gasteiger partial charge in [0.2, 0.25) is 0 Å². The van der Waals surface area contributed by atoms with Gasteiger partial charge in [-0.2, -0.15) is 5.10 Å². The van der Waals surface area contributed by atoms with Crippen molar-refractivity contribution in [2.24, 2.45) is 5.92 Å². The van der Waals surface area contributed by atoms with Crippen LogP contribution in [0.15, 0.2) is 6.07 Å². The molecule has 1 N–H and O–H groups in total. The van der Waals surface area contributed by atoms with Gasteiger partial charge in [0.1, 0.15) is 0 Å². The van der Waals surface area contributed by atoms with Gasteiger partial charge in [-0.25, -0.2) is 4.79 Å². The van der Waals surface area contributed by atoms with Crippen molar-refractivity contribution in [3.8, 4) is 0 Å². The highest BCUT2D eigenvalue weighted by atomic mass is 16.5. The number of aromatic nitrogens is 2. The Hall–Kier alpha value is -1.56. The fourth-order valence-corrected chi connectivity index (χ4v) is 2.94. The first-order valence-electron chi connectivity index (χ1n) is 8.04. The van der Waals surface area contributed by atoms with Crippen LogP contribution in [0.25, 0.3) is 0 Å². The highest BCUT2D eigenvalue weighted by Gasteiger charge is 2.25. The van der Waals surface area contributed by atoms with Crippen LogP contribution in [0.4, 0.5) is 4.79 Å². The molecule has 0 saturated carbocycles. The normalized spacial score (nSPS) is 23.4. The summed E-state index contributed by atoms with van der Waals surface area (Å²) in [4.78, 5) is 14.1. The maximum atomic E-state index is 12.3. The molecule has 0 spiro atoms. The third-order valence-corrected chi connectivity index (χ3v) is 3.90. The summed E-state index contributed by atoms with van der Waals surface area (Å²) in [6, 6.07) is 2.07. The first kappa shape index (κ1) is 16.8. The Morgan fingerprint density at radius 3 is 2.59 bits per heavy atom. The van der Waals surface area contributed by atoms with Crippen molar-refractivity contribution < 1.29 is 9.53 Å². The lowest BCUT2D eigenvalue weighted by atomic mass is 10.2. The molecule has 2 rings (SSSR count). The van der Waals surface area contributed by atoms with E-state index in [1.165, 1.54) is 0 Å². The zero-order chi connectivity index (χ0) is 16.3. The van der Waals surface area contributed by atoms with Crippen LogP contribution in [0.3, 0.4) is 0 Å². The highest BCUT2D eigenvalue weighted by molar-refractivity contribution is 5.74. The number of carbonyl (C=O) groups excluding carboxylic acids is 1. The molecule has 22 heavy (non-hydrogen) atoms. The van der Waals surface area contributed by atoms with Crippen molar-refractivity contribution in [1.82, 2.24) is 20.0 Å². The van der Waals surface area contributed by atoms with Crippen LogP contribution in [-0.2, 0) is 11.3 Å². The number of morpholine rings is 1. The second kappa shape index (κ2) is 7.13. The van der Waals surface area contributed by atoms with Gasteiger partial charge in [-0.3, -0.25) is 4.68 Å². The average Bonchev–Trinajstić information content (AvgIpc) is 2.73. The minimum absolute atomic E-state index is 0.00205. The molecule has 1 aliphatic heterocycles. The second-order valence-corrected chi connectivity index (χ2v) is 6.56. The number of nitrogens with zero attached hydrogens (tertiary/aromatic N) is 3. The van der Waals surface area contributed by atoms with Gasteiger partial charge in [0, 0.05) is 31.9 Å². The summed E-state index contributed by atoms with van der Waals surface area (Å²) in [6.45, 7) is 13.0. The number of hydrogen-bond acceptors (Lipinski definition) is 3. The number of amides is 2. The van der Waals surface area contributed by atoms with Crippen molar-refractivity contribution in [3.05, 3.63) is 17.5 Å². The van der Waals surface area contributed by atoms with Crippen molar-refractivity contribution in [2.75, 3.05) is 19.6 Å². The fourth-order valence-electron chi connectivity index (χ4n) is 2.94. The van der Waals surface area contributed by atoms with Gasteiger partial charge in [-0.1, -0.05) is 6.92 Å². The molecule has 3 atom stereocenters. The minimum atomic E-state index is 0.00205. The average molecular weight is 308 g/mol. The fraction of sp³-hybridized carbons (Fsp3) is 0.750. The molecule has 0 bridgehead atoms. The van der Waals surface area contributed by atoms with Crippen LogP contribution in [0.2, 0.25) is 0 Å². The molecule has 2 amide bonds. The highest BCUT2D eigenvalue weighted by Crippen LogP contribution is 2.11. The Labute approximate surface area is 132 Å². The summed E-state index contributed by atoms with van der Waals surface area (Å²) in [5.41, 5.74) is 2.19. The Balaban J connectivity index is 1.79. The van der Waals surface area contributed by atoms with E-state index >= 15 is 0 Å². The Morgan fingerprint density at radius 1 is 1.41 bits per heavy atom. The molecule has 2 heterocycles. The van der Waals surface area contributed by atoms with Crippen LogP contribution in [0.1, 0.15) is 32.2 Å². The van der Waals surface area contributed by atoms with Crippen LogP contribution < -0.4 is 5.32 Å². The van der Waals surface area contributed by atoms with Crippen LogP contribution >= 0.6 is 0 Å². The van der Waals surface area contributed by atoms with E-state index in [1.807, 2.05) is 30.4 Å². The van der Waals surface area contributed by atoms with Crippen LogP contribution in [0, 0.1) is 19.8 Å². The summed E-state index contributed by atoms with van der Waals surface area (Å²) >= 11 is 0. The predicted octanol–water partition coefficient (Wildman–Crippen LogP) is 1.95. The van der Waals surface area contributed by atoms with Gasteiger partial charge in [0.25, 0.3) is 0 Å². The maximum Gasteiger partial charge on any atom is 0.317 e. The summed E-state index contributed by atoms with van der Waals surface area (Å²) < 4.78 is 7.66. The molecule has 1 saturated heterocycles. The van der Waals surface area contributed by atoms with Crippen molar-refractivity contribution in [2.45, 2.75) is 53.4 Å². The number of carbonyl (C=O) groups is 1. The first-order chi connectivity index (χ1) is 10.3. The number of hydrogen-bond donors (Lipinski definition) is 1. The summed E-state index contributed by atoms with van der Waals surface area (Å²) in [5, 5.41) is 7.49. The topological polar surface area (TPSA) is 59.4 Å². The standard InChI is InChI=1S/C16H28N4O2/c1-11(8-20-13(3)6-12(2)18-20)7-17-16(21)19-9-14(4)22-15(5)10-19/h6,11,14-15H,7-10H2,1-5H3,(H,17,21). The SMILES string of the molecule is Cc1cc(C)n(CC(C)CNC(=O)N2CC(C)OC(C)C2)n1. The molecule has 1 aromatic heterocycles. The van der Waals surface area contributed by atoms with E-state index in [9.17, 15) is 4.79 Å². The zero-order valence-corrected chi connectivity index (χ0v) is 14.3. The van der Waals surface area contributed by atoms with Gasteiger partial charge in [-0.05, 0) is 39.7 Å². The van der Waals surface area contributed by atoms with Gasteiger partial charge in [0.15, 0.2) is 0 Å². The molecule has 1 fully saturated rings. The summed E-state index contributed by atoms with van der Waals surface area (Å²) in [7, 11) is 0. The molecular weight excluding hydrogens is 280 g/mol. The van der Waals surface area contributed by atoms with Crippen LogP contribution in [-0.4, -0.2) is 52.6 Å². The number of ether oxygens (including phenoxy) is 1. The number of nitrogens with one attached hydrogen (secondary N) is 1. The lowest BCUT2D eigenvalue weighted by Crippen LogP contribution is -2.52. The van der Waals surface area contributed by atoms with Gasteiger partial charge < -0.3 is 15.0 Å². The molecule has 124 valence electrons. The molecule has 1 aromatic rings. The molecule has 0 radical (unpaired) electrons. The van der Waals surface area contributed by atoms with E-state index < -0.39 is 0 Å². The zero-order valence-electron chi connectivity index (χ0n) is 14.3. The Morgan fingerprint density at radius 2 is 2.05 bits per heavy atom. The smallest absolute Gasteiger partial charge is 0.317 e. The van der Waals surface area contributed by atoms with Crippen molar-refractivity contribution >= 4 is 6.03 Å². The predicted molar refractivity (Wildman–Crippen MR) is 85.8 cm³/mol. The first-order valence-corrected chi connectivity index (χ1v) is 8.04. The van der Waals surface area contributed by atoms with Crippen molar-refractivity contribution in [3.63, 3.8) is 0 Å². The van der Waals surface area contributed by atoms with E-state index in [1.54, 1.807) is 0 Å². The lowest BCUT2D eigenvalue weighted by molar-refractivity contribution is -0.0545. The van der Waals surface area contributed by atoms with Gasteiger partial charge >= 0.3 is 6.03 Å². The molecule has 0 aromatic carbocycles. The van der Waals surface area contributed by atoms with Gasteiger partial charge in [0.05, 0.1) is 17.9 Å². The minimum Gasteiger partial charge on any atom is -0.372 e. The quantitative estimate of drug-likeness (QED) is 0.925. The molecule has 1 aliphatic rings. The van der Waals surface area contributed by atoms with Crippen LogP contribution in [0.5, 0.6) is 0 Å².